The van der Waals surface area contributed by atoms with Crippen molar-refractivity contribution >= 4 is 22.0 Å². The normalized spacial score (nSPS) is 14.0. The fourth-order valence-electron chi connectivity index (χ4n) is 1.02. The lowest BCUT2D eigenvalue weighted by atomic mass is 10.2. The van der Waals surface area contributed by atoms with Crippen LogP contribution < -0.4 is 0 Å². The van der Waals surface area contributed by atoms with Gasteiger partial charge in [-0.05, 0) is 38.0 Å². The third-order valence-corrected chi connectivity index (χ3v) is 2.27. The Kier molecular flexibility index (Phi) is 3.15. The number of H-pyrrole nitrogens is 1. The predicted molar refractivity (Wildman–Crippen MR) is 57.7 cm³/mol. The molecule has 0 saturated carbocycles. The molecule has 1 N–H and O–H groups in total. The Balaban J connectivity index is 2.83. The number of aromatic nitrogens is 1. The van der Waals surface area contributed by atoms with Gasteiger partial charge in [0.2, 0.25) is 0 Å². The van der Waals surface area contributed by atoms with Crippen LogP contribution in [0.5, 0.6) is 0 Å². The number of aromatic amines is 1. The molecule has 0 fully saturated rings. The van der Waals surface area contributed by atoms with Crippen LogP contribution >= 0.6 is 15.9 Å². The number of nitrogens with one attached hydrogen (secondary N) is 1. The van der Waals surface area contributed by atoms with Crippen molar-refractivity contribution in [3.8, 4) is 0 Å². The Morgan fingerprint density at radius 3 is 2.58 bits per heavy atom. The quantitative estimate of drug-likeness (QED) is 0.746. The van der Waals surface area contributed by atoms with Gasteiger partial charge in [-0.1, -0.05) is 22.0 Å². The largest absolute Gasteiger partial charge is 0.361 e. The van der Waals surface area contributed by atoms with E-state index in [1.54, 1.807) is 0 Å². The molecule has 1 aromatic heterocycles. The van der Waals surface area contributed by atoms with Gasteiger partial charge in [0.05, 0.1) is 0 Å². The first-order valence-electron chi connectivity index (χ1n) is 4.08. The van der Waals surface area contributed by atoms with Crippen LogP contribution in [0.15, 0.2) is 12.3 Å². The maximum Gasteiger partial charge on any atom is 0.0409 e. The Hall–Kier alpha value is -0.500. The second-order valence-corrected chi connectivity index (χ2v) is 4.49. The van der Waals surface area contributed by atoms with Crippen molar-refractivity contribution in [2.45, 2.75) is 25.6 Å². The smallest absolute Gasteiger partial charge is 0.0409 e. The number of alkyl halides is 1. The second kappa shape index (κ2) is 3.94. The van der Waals surface area contributed by atoms with Gasteiger partial charge in [-0.25, -0.2) is 0 Å². The molecule has 0 radical (unpaired) electrons. The SMILES string of the molecule is Cc1c[nH]c(/C=C\C(C)Br)c1C. The third-order valence-electron chi connectivity index (χ3n) is 1.97. The molecule has 2 heteroatoms. The molecule has 0 aliphatic carbocycles. The summed E-state index contributed by atoms with van der Waals surface area (Å²) in [6.45, 7) is 6.34. The van der Waals surface area contributed by atoms with Crippen molar-refractivity contribution in [3.63, 3.8) is 0 Å². The Morgan fingerprint density at radius 2 is 2.17 bits per heavy atom. The summed E-state index contributed by atoms with van der Waals surface area (Å²) in [6, 6.07) is 0. The molecule has 0 aromatic carbocycles. The molecule has 0 saturated heterocycles. The van der Waals surface area contributed by atoms with Gasteiger partial charge in [0.1, 0.15) is 0 Å². The number of halogens is 1. The molecule has 0 spiro atoms. The summed E-state index contributed by atoms with van der Waals surface area (Å²) in [5.74, 6) is 0. The van der Waals surface area contributed by atoms with Crippen LogP contribution in [-0.4, -0.2) is 9.81 Å². The summed E-state index contributed by atoms with van der Waals surface area (Å²) in [5, 5.41) is 0. The fourth-order valence-corrected chi connectivity index (χ4v) is 1.17. The zero-order valence-electron chi connectivity index (χ0n) is 7.69. The minimum atomic E-state index is 0.431. The highest BCUT2D eigenvalue weighted by atomic mass is 79.9. The van der Waals surface area contributed by atoms with E-state index in [1.165, 1.54) is 16.8 Å². The molecular formula is C10H14BrN. The van der Waals surface area contributed by atoms with E-state index in [-0.39, 0.29) is 0 Å². The van der Waals surface area contributed by atoms with E-state index in [0.29, 0.717) is 4.83 Å². The average Bonchev–Trinajstić information content (AvgIpc) is 2.30. The highest BCUT2D eigenvalue weighted by Gasteiger charge is 1.98. The fraction of sp³-hybridized carbons (Fsp3) is 0.400. The van der Waals surface area contributed by atoms with Gasteiger partial charge in [-0.3, -0.25) is 0 Å². The first-order chi connectivity index (χ1) is 5.61. The molecule has 12 heavy (non-hydrogen) atoms. The van der Waals surface area contributed by atoms with Crippen LogP contribution in [0.2, 0.25) is 0 Å². The Labute approximate surface area is 82.0 Å². The molecule has 1 nitrogen and oxygen atoms in total. The summed E-state index contributed by atoms with van der Waals surface area (Å²) in [7, 11) is 0. The van der Waals surface area contributed by atoms with Crippen molar-refractivity contribution < 1.29 is 0 Å². The molecule has 1 unspecified atom stereocenters. The standard InChI is InChI=1S/C10H14BrN/c1-7-6-12-10(9(7)3)5-4-8(2)11/h4-6,8,12H,1-3H3/b5-4-. The number of allylic oxidation sites excluding steroid dienone is 1. The molecule has 1 aromatic rings. The lowest BCUT2D eigenvalue weighted by Crippen LogP contribution is -1.82. The summed E-state index contributed by atoms with van der Waals surface area (Å²) in [5.41, 5.74) is 3.86. The predicted octanol–water partition coefficient (Wildman–Crippen LogP) is 3.43. The van der Waals surface area contributed by atoms with Crippen LogP contribution in [0.25, 0.3) is 6.08 Å². The first-order valence-corrected chi connectivity index (χ1v) is 4.99. The van der Waals surface area contributed by atoms with E-state index < -0.39 is 0 Å². The van der Waals surface area contributed by atoms with E-state index in [4.69, 9.17) is 0 Å². The zero-order chi connectivity index (χ0) is 9.14. The summed E-state index contributed by atoms with van der Waals surface area (Å²) < 4.78 is 0. The number of rotatable bonds is 2. The first kappa shape index (κ1) is 9.59. The van der Waals surface area contributed by atoms with Gasteiger partial charge in [0.15, 0.2) is 0 Å². The number of hydrogen-bond donors (Lipinski definition) is 1. The van der Waals surface area contributed by atoms with E-state index in [0.717, 1.165) is 0 Å². The molecule has 0 bridgehead atoms. The van der Waals surface area contributed by atoms with Crippen molar-refractivity contribution in [1.82, 2.24) is 4.98 Å². The highest BCUT2D eigenvalue weighted by molar-refractivity contribution is 9.09. The Morgan fingerprint density at radius 1 is 1.50 bits per heavy atom. The Bertz CT molecular complexity index is 284. The third kappa shape index (κ3) is 2.24. The summed E-state index contributed by atoms with van der Waals surface area (Å²) >= 11 is 3.46. The average molecular weight is 228 g/mol. The van der Waals surface area contributed by atoms with Crippen LogP contribution in [0.3, 0.4) is 0 Å². The minimum Gasteiger partial charge on any atom is -0.361 e. The topological polar surface area (TPSA) is 15.8 Å². The van der Waals surface area contributed by atoms with Gasteiger partial charge in [-0.2, -0.15) is 0 Å². The van der Waals surface area contributed by atoms with Gasteiger partial charge >= 0.3 is 0 Å². The van der Waals surface area contributed by atoms with Crippen LogP contribution in [0.1, 0.15) is 23.7 Å². The molecule has 0 aliphatic heterocycles. The molecule has 1 heterocycles. The van der Waals surface area contributed by atoms with Gasteiger partial charge < -0.3 is 4.98 Å². The van der Waals surface area contributed by atoms with E-state index in [9.17, 15) is 0 Å². The van der Waals surface area contributed by atoms with E-state index in [1.807, 2.05) is 6.20 Å². The van der Waals surface area contributed by atoms with Crippen LogP contribution in [0, 0.1) is 13.8 Å². The second-order valence-electron chi connectivity index (χ2n) is 3.05. The van der Waals surface area contributed by atoms with Crippen molar-refractivity contribution in [2.24, 2.45) is 0 Å². The molecular weight excluding hydrogens is 214 g/mol. The van der Waals surface area contributed by atoms with Crippen LogP contribution in [0.4, 0.5) is 0 Å². The lowest BCUT2D eigenvalue weighted by molar-refractivity contribution is 1.27. The number of aryl methyl sites for hydroxylation is 1. The van der Waals surface area contributed by atoms with E-state index >= 15 is 0 Å². The van der Waals surface area contributed by atoms with Crippen LogP contribution in [-0.2, 0) is 0 Å². The minimum absolute atomic E-state index is 0.431. The lowest BCUT2D eigenvalue weighted by Gasteiger charge is -1.93. The molecule has 0 amide bonds. The summed E-state index contributed by atoms with van der Waals surface area (Å²) in [6.07, 6.45) is 6.27. The van der Waals surface area contributed by atoms with Crippen molar-refractivity contribution in [3.05, 3.63) is 29.1 Å². The molecule has 66 valence electrons. The number of hydrogen-bond acceptors (Lipinski definition) is 0. The molecule has 0 aliphatic rings. The highest BCUT2D eigenvalue weighted by Crippen LogP contribution is 2.13. The van der Waals surface area contributed by atoms with Gasteiger partial charge in [0.25, 0.3) is 0 Å². The van der Waals surface area contributed by atoms with Gasteiger partial charge in [0, 0.05) is 16.7 Å². The molecule has 1 atom stereocenters. The zero-order valence-corrected chi connectivity index (χ0v) is 9.27. The maximum absolute atomic E-state index is 3.46. The monoisotopic (exact) mass is 227 g/mol. The van der Waals surface area contributed by atoms with Gasteiger partial charge in [-0.15, -0.1) is 0 Å². The van der Waals surface area contributed by atoms with Crippen molar-refractivity contribution in [2.75, 3.05) is 0 Å². The van der Waals surface area contributed by atoms with E-state index in [2.05, 4.69) is 53.8 Å². The van der Waals surface area contributed by atoms with Crippen molar-refractivity contribution in [1.29, 1.82) is 0 Å². The summed E-state index contributed by atoms with van der Waals surface area (Å²) in [4.78, 5) is 3.65. The molecule has 1 rings (SSSR count). The maximum atomic E-state index is 3.46.